The first-order valence-electron chi connectivity index (χ1n) is 9.01. The number of rotatable bonds is 3. The lowest BCUT2D eigenvalue weighted by atomic mass is 9.90. The van der Waals surface area contributed by atoms with Gasteiger partial charge >= 0.3 is 0 Å². The van der Waals surface area contributed by atoms with Crippen molar-refractivity contribution >= 4 is 23.4 Å². The number of halogens is 1. The molecule has 26 heavy (non-hydrogen) atoms. The van der Waals surface area contributed by atoms with E-state index in [1.54, 1.807) is 4.90 Å². The Morgan fingerprint density at radius 3 is 2.77 bits per heavy atom. The van der Waals surface area contributed by atoms with Crippen molar-refractivity contribution in [2.45, 2.75) is 25.3 Å². The highest BCUT2D eigenvalue weighted by Gasteiger charge is 2.38. The van der Waals surface area contributed by atoms with E-state index >= 15 is 0 Å². The summed E-state index contributed by atoms with van der Waals surface area (Å²) in [4.78, 5) is 28.9. The number of aryl methyl sites for hydroxylation is 1. The molecule has 4 rings (SSSR count). The lowest BCUT2D eigenvalue weighted by Gasteiger charge is -2.44. The molecule has 2 aliphatic rings. The van der Waals surface area contributed by atoms with Crippen LogP contribution in [0.1, 0.15) is 29.2 Å². The molecule has 0 aromatic heterocycles. The van der Waals surface area contributed by atoms with Crippen molar-refractivity contribution in [3.8, 4) is 0 Å². The lowest BCUT2D eigenvalue weighted by Crippen LogP contribution is -2.55. The maximum absolute atomic E-state index is 12.7. The summed E-state index contributed by atoms with van der Waals surface area (Å²) in [7, 11) is 0. The van der Waals surface area contributed by atoms with Crippen LogP contribution in [0.2, 0.25) is 5.02 Å². The zero-order chi connectivity index (χ0) is 18.1. The molecule has 0 aliphatic carbocycles. The van der Waals surface area contributed by atoms with E-state index < -0.39 is 0 Å². The van der Waals surface area contributed by atoms with Gasteiger partial charge in [-0.1, -0.05) is 48.0 Å². The summed E-state index contributed by atoms with van der Waals surface area (Å²) >= 11 is 6.18. The van der Waals surface area contributed by atoms with Crippen LogP contribution in [0.25, 0.3) is 0 Å². The number of benzene rings is 2. The van der Waals surface area contributed by atoms with Crippen LogP contribution in [0.15, 0.2) is 48.5 Å². The van der Waals surface area contributed by atoms with E-state index in [0.29, 0.717) is 31.0 Å². The van der Waals surface area contributed by atoms with Gasteiger partial charge in [0.1, 0.15) is 0 Å². The van der Waals surface area contributed by atoms with Crippen LogP contribution in [0.4, 0.5) is 0 Å². The summed E-state index contributed by atoms with van der Waals surface area (Å²) in [6, 6.07) is 15.8. The molecule has 2 heterocycles. The van der Waals surface area contributed by atoms with E-state index in [4.69, 9.17) is 11.6 Å². The number of hydrogen-bond donors (Lipinski definition) is 0. The first kappa shape index (κ1) is 17.1. The Hall–Kier alpha value is -2.33. The minimum absolute atomic E-state index is 0.0277. The number of hydrogen-bond acceptors (Lipinski definition) is 2. The van der Waals surface area contributed by atoms with Gasteiger partial charge in [-0.3, -0.25) is 9.59 Å². The smallest absolute Gasteiger partial charge is 0.242 e. The highest BCUT2D eigenvalue weighted by Crippen LogP contribution is 2.34. The van der Waals surface area contributed by atoms with E-state index in [1.165, 1.54) is 5.56 Å². The predicted octanol–water partition coefficient (Wildman–Crippen LogP) is 3.24. The van der Waals surface area contributed by atoms with Gasteiger partial charge < -0.3 is 9.80 Å². The molecule has 2 amide bonds. The molecule has 5 heteroatoms. The largest absolute Gasteiger partial charge is 0.332 e. The maximum atomic E-state index is 12.7. The summed E-state index contributed by atoms with van der Waals surface area (Å²) in [5, 5.41) is 0.672. The highest BCUT2D eigenvalue weighted by molar-refractivity contribution is 6.30. The van der Waals surface area contributed by atoms with Crippen LogP contribution in [0, 0.1) is 0 Å². The molecule has 0 N–H and O–H groups in total. The average Bonchev–Trinajstić information content (AvgIpc) is 2.66. The molecule has 1 atom stereocenters. The monoisotopic (exact) mass is 368 g/mol. The van der Waals surface area contributed by atoms with Crippen molar-refractivity contribution in [2.24, 2.45) is 0 Å². The van der Waals surface area contributed by atoms with Gasteiger partial charge in [0, 0.05) is 24.5 Å². The number of carbonyl (C=O) groups excluding carboxylic acids is 2. The first-order valence-corrected chi connectivity index (χ1v) is 9.39. The van der Waals surface area contributed by atoms with Gasteiger partial charge in [0.2, 0.25) is 11.8 Å². The van der Waals surface area contributed by atoms with Crippen molar-refractivity contribution in [2.75, 3.05) is 19.6 Å². The normalized spacial score (nSPS) is 19.1. The Morgan fingerprint density at radius 2 is 1.96 bits per heavy atom. The quantitative estimate of drug-likeness (QED) is 0.834. The molecule has 1 saturated heterocycles. The van der Waals surface area contributed by atoms with Gasteiger partial charge in [0.25, 0.3) is 0 Å². The molecule has 1 fully saturated rings. The molecule has 2 aromatic rings. The molecule has 134 valence electrons. The third-order valence-electron chi connectivity index (χ3n) is 5.33. The number of piperazine rings is 1. The van der Waals surface area contributed by atoms with Gasteiger partial charge in [-0.2, -0.15) is 0 Å². The van der Waals surface area contributed by atoms with Crippen molar-refractivity contribution in [3.63, 3.8) is 0 Å². The Bertz CT molecular complexity index is 837. The molecule has 0 radical (unpaired) electrons. The molecule has 0 saturated carbocycles. The molecule has 0 bridgehead atoms. The Balaban J connectivity index is 1.50. The van der Waals surface area contributed by atoms with Crippen LogP contribution < -0.4 is 0 Å². The van der Waals surface area contributed by atoms with Gasteiger partial charge in [-0.05, 0) is 41.7 Å². The standard InChI is InChI=1S/C21H21ClN2O2/c22-17-8-7-16-10-11-24-19(18(16)12-17)13-23(14-21(24)26)20(25)9-6-15-4-2-1-3-5-15/h1-5,7-8,12,19H,6,9-11,13-14H2. The summed E-state index contributed by atoms with van der Waals surface area (Å²) < 4.78 is 0. The number of amides is 2. The van der Waals surface area contributed by atoms with E-state index in [1.807, 2.05) is 53.4 Å². The molecule has 2 aliphatic heterocycles. The van der Waals surface area contributed by atoms with E-state index in [0.717, 1.165) is 17.5 Å². The second-order valence-corrected chi connectivity index (χ2v) is 7.39. The zero-order valence-electron chi connectivity index (χ0n) is 14.5. The predicted molar refractivity (Wildman–Crippen MR) is 101 cm³/mol. The Labute approximate surface area is 158 Å². The molecule has 1 unspecified atom stereocenters. The molecule has 4 nitrogen and oxygen atoms in total. The maximum Gasteiger partial charge on any atom is 0.242 e. The fourth-order valence-corrected chi connectivity index (χ4v) is 4.12. The third-order valence-corrected chi connectivity index (χ3v) is 5.56. The SMILES string of the molecule is O=C(CCc1ccccc1)N1CC(=O)N2CCc3ccc(Cl)cc3C2C1. The van der Waals surface area contributed by atoms with Crippen molar-refractivity contribution in [3.05, 3.63) is 70.2 Å². The number of nitrogens with zero attached hydrogens (tertiary/aromatic N) is 2. The molecular weight excluding hydrogens is 348 g/mol. The summed E-state index contributed by atoms with van der Waals surface area (Å²) in [6.07, 6.45) is 1.96. The Morgan fingerprint density at radius 1 is 1.15 bits per heavy atom. The lowest BCUT2D eigenvalue weighted by molar-refractivity contribution is -0.149. The van der Waals surface area contributed by atoms with Crippen LogP contribution in [-0.2, 0) is 22.4 Å². The van der Waals surface area contributed by atoms with E-state index in [9.17, 15) is 9.59 Å². The van der Waals surface area contributed by atoms with Crippen LogP contribution in [0.3, 0.4) is 0 Å². The van der Waals surface area contributed by atoms with Crippen LogP contribution in [0.5, 0.6) is 0 Å². The highest BCUT2D eigenvalue weighted by atomic mass is 35.5. The Kier molecular flexibility index (Phi) is 4.68. The molecule has 0 spiro atoms. The van der Waals surface area contributed by atoms with Gasteiger partial charge in [0.15, 0.2) is 0 Å². The van der Waals surface area contributed by atoms with Crippen molar-refractivity contribution in [1.29, 1.82) is 0 Å². The minimum atomic E-state index is -0.0839. The van der Waals surface area contributed by atoms with E-state index in [2.05, 4.69) is 0 Å². The third kappa shape index (κ3) is 3.34. The van der Waals surface area contributed by atoms with Crippen molar-refractivity contribution in [1.82, 2.24) is 9.80 Å². The summed E-state index contributed by atoms with van der Waals surface area (Å²) in [5.74, 6) is 0.0657. The van der Waals surface area contributed by atoms with E-state index in [-0.39, 0.29) is 24.4 Å². The fourth-order valence-electron chi connectivity index (χ4n) is 3.94. The molecule has 2 aromatic carbocycles. The average molecular weight is 369 g/mol. The number of carbonyl (C=O) groups is 2. The van der Waals surface area contributed by atoms with Crippen molar-refractivity contribution < 1.29 is 9.59 Å². The fraction of sp³-hybridized carbons (Fsp3) is 0.333. The second kappa shape index (κ2) is 7.12. The molecular formula is C21H21ClN2O2. The first-order chi connectivity index (χ1) is 12.6. The zero-order valence-corrected chi connectivity index (χ0v) is 15.3. The second-order valence-electron chi connectivity index (χ2n) is 6.96. The van der Waals surface area contributed by atoms with Crippen LogP contribution in [-0.4, -0.2) is 41.2 Å². The van der Waals surface area contributed by atoms with Crippen LogP contribution >= 0.6 is 11.6 Å². The topological polar surface area (TPSA) is 40.6 Å². The van der Waals surface area contributed by atoms with Gasteiger partial charge in [-0.25, -0.2) is 0 Å². The summed E-state index contributed by atoms with van der Waals surface area (Å²) in [6.45, 7) is 1.44. The van der Waals surface area contributed by atoms with Gasteiger partial charge in [-0.15, -0.1) is 0 Å². The summed E-state index contributed by atoms with van der Waals surface area (Å²) in [5.41, 5.74) is 3.44. The minimum Gasteiger partial charge on any atom is -0.332 e. The number of fused-ring (bicyclic) bond motifs is 3. The van der Waals surface area contributed by atoms with Gasteiger partial charge in [0.05, 0.1) is 12.6 Å².